The smallest absolute Gasteiger partial charge is 0.258 e. The molecule has 0 amide bonds. The number of piperidine rings is 1. The first-order chi connectivity index (χ1) is 10.2. The molecule has 0 radical (unpaired) electrons. The first-order valence-electron chi connectivity index (χ1n) is 7.68. The minimum absolute atomic E-state index is 0.0975. The Morgan fingerprint density at radius 3 is 2.67 bits per heavy atom. The molecule has 110 valence electrons. The Balaban J connectivity index is 1.62. The molecule has 0 bridgehead atoms. The van der Waals surface area contributed by atoms with Gasteiger partial charge in [0, 0.05) is 12.0 Å². The second-order valence-electron chi connectivity index (χ2n) is 6.19. The van der Waals surface area contributed by atoms with Crippen LogP contribution in [0, 0.1) is 0 Å². The molecule has 1 aliphatic heterocycles. The van der Waals surface area contributed by atoms with Gasteiger partial charge in [0.05, 0.1) is 10.9 Å². The standard InChI is InChI=1S/C16H19N3O2/c20-12-3-4-14-13(9-12)16(21)18-15(17-14)10-5-7-19(8-6-10)11-1-2-11/h3-4,9-11,20H,1-2,5-8H2,(H,17,18,21). The predicted octanol–water partition coefficient (Wildman–Crippen LogP) is 1.97. The molecule has 1 aliphatic carbocycles. The molecule has 0 unspecified atom stereocenters. The molecule has 21 heavy (non-hydrogen) atoms. The lowest BCUT2D eigenvalue weighted by Crippen LogP contribution is -2.35. The van der Waals surface area contributed by atoms with Crippen molar-refractivity contribution in [3.63, 3.8) is 0 Å². The van der Waals surface area contributed by atoms with Gasteiger partial charge < -0.3 is 15.0 Å². The fraction of sp³-hybridized carbons (Fsp3) is 0.500. The van der Waals surface area contributed by atoms with E-state index in [1.807, 2.05) is 0 Å². The van der Waals surface area contributed by atoms with Crippen molar-refractivity contribution in [2.24, 2.45) is 0 Å². The molecule has 1 saturated carbocycles. The summed E-state index contributed by atoms with van der Waals surface area (Å²) in [5.41, 5.74) is 0.506. The lowest BCUT2D eigenvalue weighted by atomic mass is 9.95. The maximum Gasteiger partial charge on any atom is 0.258 e. The van der Waals surface area contributed by atoms with Crippen molar-refractivity contribution in [1.82, 2.24) is 14.9 Å². The van der Waals surface area contributed by atoms with Crippen LogP contribution in [0.15, 0.2) is 23.0 Å². The molecule has 5 nitrogen and oxygen atoms in total. The Hall–Kier alpha value is -1.88. The number of aromatic hydroxyl groups is 1. The summed E-state index contributed by atoms with van der Waals surface area (Å²) < 4.78 is 0. The number of nitrogens with one attached hydrogen (secondary N) is 1. The van der Waals surface area contributed by atoms with Crippen molar-refractivity contribution in [3.05, 3.63) is 34.4 Å². The van der Waals surface area contributed by atoms with E-state index in [-0.39, 0.29) is 11.3 Å². The molecule has 2 heterocycles. The molecule has 1 aromatic carbocycles. The van der Waals surface area contributed by atoms with Gasteiger partial charge in [-0.3, -0.25) is 4.79 Å². The van der Waals surface area contributed by atoms with E-state index in [2.05, 4.69) is 14.9 Å². The molecule has 2 aliphatic rings. The molecule has 1 saturated heterocycles. The van der Waals surface area contributed by atoms with Crippen molar-refractivity contribution in [2.75, 3.05) is 13.1 Å². The molecule has 2 fully saturated rings. The minimum Gasteiger partial charge on any atom is -0.508 e. The van der Waals surface area contributed by atoms with E-state index in [1.165, 1.54) is 18.9 Å². The number of aromatic nitrogens is 2. The summed E-state index contributed by atoms with van der Waals surface area (Å²) in [6.45, 7) is 2.21. The lowest BCUT2D eigenvalue weighted by Gasteiger charge is -2.31. The van der Waals surface area contributed by atoms with Gasteiger partial charge in [-0.05, 0) is 57.0 Å². The topological polar surface area (TPSA) is 69.2 Å². The maximum atomic E-state index is 12.2. The second-order valence-corrected chi connectivity index (χ2v) is 6.19. The number of aromatic amines is 1. The van der Waals surface area contributed by atoms with Crippen LogP contribution < -0.4 is 5.56 Å². The van der Waals surface area contributed by atoms with Gasteiger partial charge in [0.1, 0.15) is 11.6 Å². The number of hydrogen-bond donors (Lipinski definition) is 2. The molecule has 5 heteroatoms. The van der Waals surface area contributed by atoms with Crippen LogP contribution >= 0.6 is 0 Å². The Morgan fingerprint density at radius 2 is 1.95 bits per heavy atom. The molecule has 4 rings (SSSR count). The predicted molar refractivity (Wildman–Crippen MR) is 80.6 cm³/mol. The molecule has 0 spiro atoms. The van der Waals surface area contributed by atoms with Gasteiger partial charge in [-0.15, -0.1) is 0 Å². The number of rotatable bonds is 2. The van der Waals surface area contributed by atoms with Crippen LogP contribution in [0.1, 0.15) is 37.4 Å². The van der Waals surface area contributed by atoms with Gasteiger partial charge in [0.2, 0.25) is 0 Å². The summed E-state index contributed by atoms with van der Waals surface area (Å²) in [7, 11) is 0. The molecule has 2 aromatic rings. The van der Waals surface area contributed by atoms with Crippen molar-refractivity contribution in [2.45, 2.75) is 37.6 Å². The zero-order valence-electron chi connectivity index (χ0n) is 11.9. The van der Waals surface area contributed by atoms with Crippen LogP contribution in [0.5, 0.6) is 5.75 Å². The number of phenols is 1. The van der Waals surface area contributed by atoms with E-state index in [0.29, 0.717) is 16.8 Å². The van der Waals surface area contributed by atoms with Crippen LogP contribution in [-0.2, 0) is 0 Å². The monoisotopic (exact) mass is 285 g/mol. The van der Waals surface area contributed by atoms with Crippen LogP contribution in [0.25, 0.3) is 10.9 Å². The highest BCUT2D eigenvalue weighted by atomic mass is 16.3. The van der Waals surface area contributed by atoms with Gasteiger partial charge >= 0.3 is 0 Å². The molecule has 0 atom stereocenters. The Labute approximate surface area is 122 Å². The van der Waals surface area contributed by atoms with Gasteiger partial charge in [0.25, 0.3) is 5.56 Å². The van der Waals surface area contributed by atoms with Crippen LogP contribution in [-0.4, -0.2) is 39.1 Å². The Kier molecular flexibility index (Phi) is 2.96. The number of fused-ring (bicyclic) bond motifs is 1. The van der Waals surface area contributed by atoms with Crippen LogP contribution in [0.3, 0.4) is 0 Å². The van der Waals surface area contributed by atoms with E-state index < -0.39 is 0 Å². The fourth-order valence-electron chi connectivity index (χ4n) is 3.32. The van der Waals surface area contributed by atoms with Crippen molar-refractivity contribution < 1.29 is 5.11 Å². The van der Waals surface area contributed by atoms with E-state index in [1.54, 1.807) is 12.1 Å². The van der Waals surface area contributed by atoms with Gasteiger partial charge in [-0.1, -0.05) is 0 Å². The maximum absolute atomic E-state index is 12.2. The summed E-state index contributed by atoms with van der Waals surface area (Å²) in [6, 6.07) is 5.58. The molecule has 2 N–H and O–H groups in total. The number of likely N-dealkylation sites (tertiary alicyclic amines) is 1. The van der Waals surface area contributed by atoms with Crippen molar-refractivity contribution in [1.29, 1.82) is 0 Å². The molecular formula is C16H19N3O2. The van der Waals surface area contributed by atoms with Crippen LogP contribution in [0.2, 0.25) is 0 Å². The van der Waals surface area contributed by atoms with Crippen molar-refractivity contribution >= 4 is 10.9 Å². The van der Waals surface area contributed by atoms with E-state index in [9.17, 15) is 9.90 Å². The lowest BCUT2D eigenvalue weighted by molar-refractivity contribution is 0.200. The highest BCUT2D eigenvalue weighted by molar-refractivity contribution is 5.79. The third-order valence-electron chi connectivity index (χ3n) is 4.69. The zero-order valence-corrected chi connectivity index (χ0v) is 11.9. The van der Waals surface area contributed by atoms with E-state index in [0.717, 1.165) is 37.8 Å². The number of phenolic OH excluding ortho intramolecular Hbond substituents is 1. The van der Waals surface area contributed by atoms with Gasteiger partial charge in [-0.25, -0.2) is 4.98 Å². The first kappa shape index (κ1) is 12.8. The summed E-state index contributed by atoms with van der Waals surface area (Å²) in [6.07, 6.45) is 4.81. The minimum atomic E-state index is -0.157. The van der Waals surface area contributed by atoms with Gasteiger partial charge in [-0.2, -0.15) is 0 Å². The third-order valence-corrected chi connectivity index (χ3v) is 4.69. The summed E-state index contributed by atoms with van der Waals surface area (Å²) >= 11 is 0. The number of benzene rings is 1. The highest BCUT2D eigenvalue weighted by Gasteiger charge is 2.32. The third kappa shape index (κ3) is 2.42. The fourth-order valence-corrected chi connectivity index (χ4v) is 3.32. The average Bonchev–Trinajstić information content (AvgIpc) is 3.33. The SMILES string of the molecule is O=c1[nH]c(C2CCN(C3CC3)CC2)nc2ccc(O)cc12. The Morgan fingerprint density at radius 1 is 1.19 bits per heavy atom. The van der Waals surface area contributed by atoms with Crippen LogP contribution in [0.4, 0.5) is 0 Å². The number of hydrogen-bond acceptors (Lipinski definition) is 4. The first-order valence-corrected chi connectivity index (χ1v) is 7.68. The molecule has 1 aromatic heterocycles. The largest absolute Gasteiger partial charge is 0.508 e. The summed E-state index contributed by atoms with van der Waals surface area (Å²) in [5.74, 6) is 1.24. The summed E-state index contributed by atoms with van der Waals surface area (Å²) in [5, 5.41) is 9.93. The molecular weight excluding hydrogens is 266 g/mol. The Bertz CT molecular complexity index is 728. The normalized spacial score (nSPS) is 21.0. The van der Waals surface area contributed by atoms with E-state index in [4.69, 9.17) is 0 Å². The number of nitrogens with zero attached hydrogens (tertiary/aromatic N) is 2. The number of H-pyrrole nitrogens is 1. The second kappa shape index (κ2) is 4.84. The summed E-state index contributed by atoms with van der Waals surface area (Å²) in [4.78, 5) is 22.2. The zero-order chi connectivity index (χ0) is 14.4. The van der Waals surface area contributed by atoms with Gasteiger partial charge in [0.15, 0.2) is 0 Å². The highest BCUT2D eigenvalue weighted by Crippen LogP contribution is 2.33. The van der Waals surface area contributed by atoms with E-state index >= 15 is 0 Å². The van der Waals surface area contributed by atoms with Crippen molar-refractivity contribution in [3.8, 4) is 5.75 Å². The quantitative estimate of drug-likeness (QED) is 0.885. The average molecular weight is 285 g/mol.